The Kier molecular flexibility index (Phi) is 4.63. The first-order valence-corrected chi connectivity index (χ1v) is 6.85. The Labute approximate surface area is 126 Å². The number of rotatable bonds is 4. The summed E-state index contributed by atoms with van der Waals surface area (Å²) in [7, 11) is 1.59. The lowest BCUT2D eigenvalue weighted by Gasteiger charge is -2.10. The number of benzene rings is 2. The molecule has 20 heavy (non-hydrogen) atoms. The van der Waals surface area contributed by atoms with Crippen molar-refractivity contribution in [3.05, 3.63) is 58.1 Å². The van der Waals surface area contributed by atoms with Gasteiger partial charge in [0.2, 0.25) is 0 Å². The zero-order valence-corrected chi connectivity index (χ0v) is 12.6. The minimum atomic E-state index is -0.143. The van der Waals surface area contributed by atoms with Gasteiger partial charge in [0.05, 0.1) is 7.11 Å². The molecule has 0 aliphatic carbocycles. The van der Waals surface area contributed by atoms with Gasteiger partial charge < -0.3 is 15.8 Å². The molecule has 0 bridgehead atoms. The summed E-state index contributed by atoms with van der Waals surface area (Å²) in [6, 6.07) is 12.6. The van der Waals surface area contributed by atoms with Gasteiger partial charge in [0.15, 0.2) is 0 Å². The molecule has 2 aromatic rings. The lowest BCUT2D eigenvalue weighted by atomic mass is 10.1. The second-order valence-electron chi connectivity index (χ2n) is 4.26. The first-order chi connectivity index (χ1) is 9.60. The van der Waals surface area contributed by atoms with Gasteiger partial charge in [-0.15, -0.1) is 0 Å². The molecule has 3 N–H and O–H groups in total. The molecule has 5 heteroatoms. The van der Waals surface area contributed by atoms with E-state index in [2.05, 4.69) is 21.2 Å². The largest absolute Gasteiger partial charge is 0.496 e. The van der Waals surface area contributed by atoms with Crippen molar-refractivity contribution in [3.8, 4) is 5.75 Å². The summed E-state index contributed by atoms with van der Waals surface area (Å²) in [6.45, 7) is 0.361. The van der Waals surface area contributed by atoms with Crippen LogP contribution in [0.25, 0.3) is 0 Å². The van der Waals surface area contributed by atoms with Gasteiger partial charge in [-0.05, 0) is 36.4 Å². The fraction of sp³-hybridized carbons (Fsp3) is 0.133. The quantitative estimate of drug-likeness (QED) is 0.845. The van der Waals surface area contributed by atoms with Gasteiger partial charge in [-0.1, -0.05) is 22.0 Å². The smallest absolute Gasteiger partial charge is 0.251 e. The van der Waals surface area contributed by atoms with Crippen molar-refractivity contribution in [1.29, 1.82) is 0 Å². The Morgan fingerprint density at radius 1 is 1.30 bits per heavy atom. The fourth-order valence-corrected chi connectivity index (χ4v) is 2.24. The topological polar surface area (TPSA) is 64.3 Å². The first kappa shape index (κ1) is 14.4. The van der Waals surface area contributed by atoms with Crippen LogP contribution in [0.3, 0.4) is 0 Å². The van der Waals surface area contributed by atoms with E-state index < -0.39 is 0 Å². The Balaban J connectivity index is 2.09. The van der Waals surface area contributed by atoms with E-state index >= 15 is 0 Å². The molecular weight excluding hydrogens is 320 g/mol. The Hall–Kier alpha value is -2.01. The molecule has 104 valence electrons. The Morgan fingerprint density at radius 3 is 2.80 bits per heavy atom. The maximum atomic E-state index is 12.1. The number of halogens is 1. The van der Waals surface area contributed by atoms with E-state index in [4.69, 9.17) is 10.5 Å². The van der Waals surface area contributed by atoms with Gasteiger partial charge in [0, 0.05) is 27.8 Å². The summed E-state index contributed by atoms with van der Waals surface area (Å²) >= 11 is 3.34. The van der Waals surface area contributed by atoms with Gasteiger partial charge in [0.1, 0.15) is 5.75 Å². The third kappa shape index (κ3) is 3.51. The Morgan fingerprint density at radius 2 is 2.10 bits per heavy atom. The summed E-state index contributed by atoms with van der Waals surface area (Å²) < 4.78 is 6.11. The van der Waals surface area contributed by atoms with Gasteiger partial charge in [-0.25, -0.2) is 0 Å². The molecule has 2 aromatic carbocycles. The molecule has 4 nitrogen and oxygen atoms in total. The molecule has 0 aliphatic heterocycles. The number of hydrogen-bond donors (Lipinski definition) is 2. The second kappa shape index (κ2) is 6.43. The number of nitrogens with two attached hydrogens (primary N) is 1. The van der Waals surface area contributed by atoms with E-state index in [0.717, 1.165) is 10.0 Å². The molecule has 0 aromatic heterocycles. The molecule has 0 radical (unpaired) electrons. The second-order valence-corrected chi connectivity index (χ2v) is 5.18. The minimum absolute atomic E-state index is 0.143. The molecule has 0 saturated heterocycles. The lowest BCUT2D eigenvalue weighted by Crippen LogP contribution is -2.23. The summed E-state index contributed by atoms with van der Waals surface area (Å²) in [5.74, 6) is 0.560. The van der Waals surface area contributed by atoms with Crippen LogP contribution in [0.5, 0.6) is 5.75 Å². The molecular formula is C15H15BrN2O2. The minimum Gasteiger partial charge on any atom is -0.496 e. The number of carbonyl (C=O) groups excluding carboxylic acids is 1. The highest BCUT2D eigenvalue weighted by Crippen LogP contribution is 2.21. The van der Waals surface area contributed by atoms with Crippen LogP contribution in [0.4, 0.5) is 5.69 Å². The SMILES string of the molecule is COc1ccc(N)cc1CNC(=O)c1cccc(Br)c1. The number of ether oxygens (including phenoxy) is 1. The number of carbonyl (C=O) groups is 1. The summed E-state index contributed by atoms with van der Waals surface area (Å²) in [6.07, 6.45) is 0. The number of amides is 1. The van der Waals surface area contributed by atoms with Crippen molar-refractivity contribution in [3.63, 3.8) is 0 Å². The first-order valence-electron chi connectivity index (χ1n) is 6.06. The number of anilines is 1. The fourth-order valence-electron chi connectivity index (χ4n) is 1.84. The normalized spacial score (nSPS) is 10.1. The molecule has 0 atom stereocenters. The average Bonchev–Trinajstić information content (AvgIpc) is 2.45. The maximum Gasteiger partial charge on any atom is 0.251 e. The van der Waals surface area contributed by atoms with Crippen LogP contribution in [0.15, 0.2) is 46.9 Å². The van der Waals surface area contributed by atoms with Gasteiger partial charge in [-0.3, -0.25) is 4.79 Å². The third-order valence-corrected chi connectivity index (χ3v) is 3.32. The molecule has 0 spiro atoms. The highest BCUT2D eigenvalue weighted by molar-refractivity contribution is 9.10. The van der Waals surface area contributed by atoms with Crippen LogP contribution in [0, 0.1) is 0 Å². The van der Waals surface area contributed by atoms with E-state index in [9.17, 15) is 4.79 Å². The summed E-state index contributed by atoms with van der Waals surface area (Å²) in [5, 5.41) is 2.85. The van der Waals surface area contributed by atoms with Crippen LogP contribution >= 0.6 is 15.9 Å². The van der Waals surface area contributed by atoms with Crippen LogP contribution in [-0.4, -0.2) is 13.0 Å². The van der Waals surface area contributed by atoms with Crippen molar-refractivity contribution >= 4 is 27.5 Å². The van der Waals surface area contributed by atoms with E-state index in [1.165, 1.54) is 0 Å². The number of methoxy groups -OCH3 is 1. The van der Waals surface area contributed by atoms with Crippen molar-refractivity contribution in [2.45, 2.75) is 6.54 Å². The highest BCUT2D eigenvalue weighted by atomic mass is 79.9. The standard InChI is InChI=1S/C15H15BrN2O2/c1-20-14-6-5-13(17)8-11(14)9-18-15(19)10-3-2-4-12(16)7-10/h2-8H,9,17H2,1H3,(H,18,19). The lowest BCUT2D eigenvalue weighted by molar-refractivity contribution is 0.0950. The zero-order valence-electron chi connectivity index (χ0n) is 11.0. The predicted octanol–water partition coefficient (Wildman–Crippen LogP) is 2.97. The monoisotopic (exact) mass is 334 g/mol. The average molecular weight is 335 g/mol. The maximum absolute atomic E-state index is 12.1. The van der Waals surface area contributed by atoms with Gasteiger partial charge in [0.25, 0.3) is 5.91 Å². The molecule has 1 amide bonds. The number of nitrogens with one attached hydrogen (secondary N) is 1. The summed E-state index contributed by atoms with van der Waals surface area (Å²) in [4.78, 5) is 12.1. The van der Waals surface area contributed by atoms with E-state index in [1.807, 2.05) is 12.1 Å². The highest BCUT2D eigenvalue weighted by Gasteiger charge is 2.08. The number of nitrogen functional groups attached to an aromatic ring is 1. The van der Waals surface area contributed by atoms with Gasteiger partial charge >= 0.3 is 0 Å². The van der Waals surface area contributed by atoms with Crippen molar-refractivity contribution in [2.75, 3.05) is 12.8 Å². The van der Waals surface area contributed by atoms with E-state index in [1.54, 1.807) is 37.4 Å². The van der Waals surface area contributed by atoms with Crippen molar-refractivity contribution < 1.29 is 9.53 Å². The summed E-state index contributed by atoms with van der Waals surface area (Å²) in [5.41, 5.74) is 7.82. The molecule has 0 saturated carbocycles. The van der Waals surface area contributed by atoms with Crippen molar-refractivity contribution in [1.82, 2.24) is 5.32 Å². The molecule has 0 unspecified atom stereocenters. The van der Waals surface area contributed by atoms with Crippen LogP contribution in [-0.2, 0) is 6.54 Å². The molecule has 0 fully saturated rings. The number of hydrogen-bond acceptors (Lipinski definition) is 3. The van der Waals surface area contributed by atoms with E-state index in [-0.39, 0.29) is 5.91 Å². The van der Waals surface area contributed by atoms with E-state index in [0.29, 0.717) is 23.5 Å². The van der Waals surface area contributed by atoms with Crippen molar-refractivity contribution in [2.24, 2.45) is 0 Å². The van der Waals surface area contributed by atoms with Gasteiger partial charge in [-0.2, -0.15) is 0 Å². The predicted molar refractivity (Wildman–Crippen MR) is 82.7 cm³/mol. The molecule has 0 aliphatic rings. The molecule has 2 rings (SSSR count). The Bertz CT molecular complexity index is 629. The van der Waals surface area contributed by atoms with Crippen LogP contribution in [0.1, 0.15) is 15.9 Å². The van der Waals surface area contributed by atoms with Crippen LogP contribution < -0.4 is 15.8 Å². The van der Waals surface area contributed by atoms with Crippen LogP contribution in [0.2, 0.25) is 0 Å². The molecule has 0 heterocycles. The third-order valence-electron chi connectivity index (χ3n) is 2.83. The zero-order chi connectivity index (χ0) is 14.5.